The third-order valence-electron chi connectivity index (χ3n) is 4.37. The van der Waals surface area contributed by atoms with Crippen LogP contribution in [0.25, 0.3) is 32.4 Å². The molecule has 0 radical (unpaired) electrons. The molecule has 3 aromatic heterocycles. The second-order valence-corrected chi connectivity index (χ2v) is 8.40. The summed E-state index contributed by atoms with van der Waals surface area (Å²) in [6.45, 7) is 0. The van der Waals surface area contributed by atoms with Crippen molar-refractivity contribution in [1.29, 1.82) is 0 Å². The third kappa shape index (κ3) is 3.11. The molecule has 0 bridgehead atoms. The predicted molar refractivity (Wildman–Crippen MR) is 116 cm³/mol. The van der Waals surface area contributed by atoms with Crippen molar-refractivity contribution in [2.75, 3.05) is 0 Å². The zero-order valence-electron chi connectivity index (χ0n) is 14.4. The molecule has 5 nitrogen and oxygen atoms in total. The van der Waals surface area contributed by atoms with Crippen LogP contribution in [0.5, 0.6) is 0 Å². The summed E-state index contributed by atoms with van der Waals surface area (Å²) in [5, 5.41) is 3.93. The Morgan fingerprint density at radius 3 is 2.68 bits per heavy atom. The summed E-state index contributed by atoms with van der Waals surface area (Å²) in [5.74, 6) is 1.14. The standard InChI is InChI=1S/C20H13ClN4OS2/c21-13-6-2-1-5-11(13)12-9-27-19-17(12)18(26)24-16(25-19)10-28-20-22-14-7-3-4-8-15(14)23-20/h1-9H,10H2,(H,22,23)(H,24,25,26). The summed E-state index contributed by atoms with van der Waals surface area (Å²) in [7, 11) is 0. The zero-order valence-corrected chi connectivity index (χ0v) is 16.8. The van der Waals surface area contributed by atoms with Crippen molar-refractivity contribution >= 4 is 55.9 Å². The summed E-state index contributed by atoms with van der Waals surface area (Å²) in [4.78, 5) is 28.8. The first kappa shape index (κ1) is 17.5. The van der Waals surface area contributed by atoms with Gasteiger partial charge in [0.25, 0.3) is 5.56 Å². The number of H-pyrrole nitrogens is 2. The van der Waals surface area contributed by atoms with Gasteiger partial charge in [-0.1, -0.05) is 53.7 Å². The molecule has 0 saturated carbocycles. The molecule has 5 aromatic rings. The van der Waals surface area contributed by atoms with Crippen molar-refractivity contribution in [3.05, 3.63) is 75.1 Å². The van der Waals surface area contributed by atoms with E-state index in [-0.39, 0.29) is 5.56 Å². The lowest BCUT2D eigenvalue weighted by Crippen LogP contribution is -2.10. The molecule has 5 rings (SSSR count). The number of aromatic amines is 2. The van der Waals surface area contributed by atoms with Crippen LogP contribution in [-0.4, -0.2) is 19.9 Å². The maximum Gasteiger partial charge on any atom is 0.260 e. The maximum atomic E-state index is 12.8. The molecule has 3 heterocycles. The highest BCUT2D eigenvalue weighted by Gasteiger charge is 2.15. The molecule has 2 aromatic carbocycles. The highest BCUT2D eigenvalue weighted by atomic mass is 35.5. The van der Waals surface area contributed by atoms with Gasteiger partial charge in [0.05, 0.1) is 22.2 Å². The Kier molecular flexibility index (Phi) is 4.43. The zero-order chi connectivity index (χ0) is 19.1. The Hall–Kier alpha value is -2.61. The van der Waals surface area contributed by atoms with Crippen LogP contribution in [0.1, 0.15) is 5.82 Å². The van der Waals surface area contributed by atoms with E-state index in [9.17, 15) is 4.79 Å². The number of rotatable bonds is 4. The van der Waals surface area contributed by atoms with E-state index in [0.29, 0.717) is 26.8 Å². The fraction of sp³-hybridized carbons (Fsp3) is 0.0500. The fourth-order valence-electron chi connectivity index (χ4n) is 3.07. The van der Waals surface area contributed by atoms with Gasteiger partial charge in [0.2, 0.25) is 0 Å². The van der Waals surface area contributed by atoms with Gasteiger partial charge in [-0.3, -0.25) is 4.79 Å². The predicted octanol–water partition coefficient (Wildman–Crippen LogP) is 5.47. The molecular weight excluding hydrogens is 412 g/mol. The van der Waals surface area contributed by atoms with Crippen LogP contribution >= 0.6 is 34.7 Å². The summed E-state index contributed by atoms with van der Waals surface area (Å²) < 4.78 is 0. The van der Waals surface area contributed by atoms with E-state index in [1.807, 2.05) is 53.9 Å². The summed E-state index contributed by atoms with van der Waals surface area (Å²) in [6, 6.07) is 15.4. The molecule has 0 amide bonds. The maximum absolute atomic E-state index is 12.8. The molecular formula is C20H13ClN4OS2. The van der Waals surface area contributed by atoms with Gasteiger partial charge in [-0.05, 0) is 18.2 Å². The summed E-state index contributed by atoms with van der Waals surface area (Å²) in [6.07, 6.45) is 0. The van der Waals surface area contributed by atoms with Crippen LogP contribution in [0.4, 0.5) is 0 Å². The van der Waals surface area contributed by atoms with E-state index in [0.717, 1.165) is 27.3 Å². The molecule has 28 heavy (non-hydrogen) atoms. The van der Waals surface area contributed by atoms with E-state index < -0.39 is 0 Å². The number of hydrogen-bond donors (Lipinski definition) is 2. The van der Waals surface area contributed by atoms with Crippen molar-refractivity contribution in [3.8, 4) is 11.1 Å². The fourth-order valence-corrected chi connectivity index (χ4v) is 5.02. The SMILES string of the molecule is O=c1[nH]c(CSc2nc3ccccc3[nH]2)nc2scc(-c3ccccc3Cl)c12. The molecule has 0 fully saturated rings. The molecule has 0 aliphatic carbocycles. The van der Waals surface area contributed by atoms with Gasteiger partial charge >= 0.3 is 0 Å². The average Bonchev–Trinajstić information content (AvgIpc) is 3.31. The van der Waals surface area contributed by atoms with Gasteiger partial charge in [-0.15, -0.1) is 11.3 Å². The third-order valence-corrected chi connectivity index (χ3v) is 6.46. The first-order valence-corrected chi connectivity index (χ1v) is 10.8. The minimum atomic E-state index is -0.152. The number of nitrogens with zero attached hydrogens (tertiary/aromatic N) is 2. The van der Waals surface area contributed by atoms with Gasteiger partial charge in [-0.25, -0.2) is 9.97 Å². The summed E-state index contributed by atoms with van der Waals surface area (Å²) in [5.41, 5.74) is 3.42. The number of thioether (sulfide) groups is 1. The molecule has 0 aliphatic heterocycles. The quantitative estimate of drug-likeness (QED) is 0.375. The Morgan fingerprint density at radius 2 is 1.82 bits per heavy atom. The van der Waals surface area contributed by atoms with E-state index in [1.54, 1.807) is 0 Å². The van der Waals surface area contributed by atoms with Gasteiger partial charge in [0.15, 0.2) is 5.16 Å². The number of hydrogen-bond acceptors (Lipinski definition) is 5. The van der Waals surface area contributed by atoms with Crippen molar-refractivity contribution in [3.63, 3.8) is 0 Å². The molecule has 0 aliphatic rings. The first-order chi connectivity index (χ1) is 13.7. The Morgan fingerprint density at radius 1 is 1.00 bits per heavy atom. The number of aromatic nitrogens is 4. The number of nitrogens with one attached hydrogen (secondary N) is 2. The van der Waals surface area contributed by atoms with E-state index in [2.05, 4.69) is 19.9 Å². The minimum Gasteiger partial charge on any atom is -0.333 e. The largest absolute Gasteiger partial charge is 0.333 e. The van der Waals surface area contributed by atoms with Gasteiger partial charge in [0.1, 0.15) is 10.7 Å². The van der Waals surface area contributed by atoms with Crippen molar-refractivity contribution in [2.45, 2.75) is 10.9 Å². The van der Waals surface area contributed by atoms with E-state index in [4.69, 9.17) is 11.6 Å². The van der Waals surface area contributed by atoms with Crippen LogP contribution in [0.15, 0.2) is 63.9 Å². The van der Waals surface area contributed by atoms with Crippen LogP contribution < -0.4 is 5.56 Å². The lowest BCUT2D eigenvalue weighted by atomic mass is 10.1. The molecule has 0 unspecified atom stereocenters. The average molecular weight is 425 g/mol. The van der Waals surface area contributed by atoms with Gasteiger partial charge in [0, 0.05) is 21.5 Å². The molecule has 2 N–H and O–H groups in total. The van der Waals surface area contributed by atoms with Crippen molar-refractivity contribution in [2.24, 2.45) is 0 Å². The smallest absolute Gasteiger partial charge is 0.260 e. The first-order valence-electron chi connectivity index (χ1n) is 8.52. The second-order valence-electron chi connectivity index (χ2n) is 6.17. The Balaban J connectivity index is 1.47. The number of benzene rings is 2. The van der Waals surface area contributed by atoms with Crippen molar-refractivity contribution in [1.82, 2.24) is 19.9 Å². The van der Waals surface area contributed by atoms with Crippen LogP contribution in [-0.2, 0) is 5.75 Å². The monoisotopic (exact) mass is 424 g/mol. The molecule has 0 spiro atoms. The summed E-state index contributed by atoms with van der Waals surface area (Å²) >= 11 is 9.26. The minimum absolute atomic E-state index is 0.152. The van der Waals surface area contributed by atoms with Crippen LogP contribution in [0.2, 0.25) is 5.02 Å². The molecule has 0 atom stereocenters. The number of halogens is 1. The van der Waals surface area contributed by atoms with Crippen LogP contribution in [0, 0.1) is 0 Å². The normalized spacial score (nSPS) is 11.5. The van der Waals surface area contributed by atoms with Gasteiger partial charge < -0.3 is 9.97 Å². The molecule has 138 valence electrons. The molecule has 8 heteroatoms. The molecule has 0 saturated heterocycles. The van der Waals surface area contributed by atoms with E-state index >= 15 is 0 Å². The number of fused-ring (bicyclic) bond motifs is 2. The highest BCUT2D eigenvalue weighted by molar-refractivity contribution is 7.98. The Labute approximate surface area is 172 Å². The second kappa shape index (κ2) is 7.09. The number of thiophene rings is 1. The van der Waals surface area contributed by atoms with Crippen LogP contribution in [0.3, 0.4) is 0 Å². The lowest BCUT2D eigenvalue weighted by molar-refractivity contribution is 1.03. The number of imidazole rings is 1. The van der Waals surface area contributed by atoms with Crippen molar-refractivity contribution < 1.29 is 0 Å². The van der Waals surface area contributed by atoms with E-state index in [1.165, 1.54) is 23.1 Å². The Bertz CT molecular complexity index is 1340. The topological polar surface area (TPSA) is 74.4 Å². The van der Waals surface area contributed by atoms with Gasteiger partial charge in [-0.2, -0.15) is 0 Å². The highest BCUT2D eigenvalue weighted by Crippen LogP contribution is 2.35. The lowest BCUT2D eigenvalue weighted by Gasteiger charge is -2.03. The number of para-hydroxylation sites is 2.